The number of carboxylic acid groups (broad SMARTS) is 1. The van der Waals surface area contributed by atoms with Crippen molar-refractivity contribution >= 4 is 18.0 Å². The molecule has 8 nitrogen and oxygen atoms in total. The highest BCUT2D eigenvalue weighted by Crippen LogP contribution is 2.44. The molecule has 1 aliphatic heterocycles. The van der Waals surface area contributed by atoms with Crippen molar-refractivity contribution in [3.05, 3.63) is 95.6 Å². The van der Waals surface area contributed by atoms with Gasteiger partial charge in [0, 0.05) is 32.1 Å². The fraction of sp³-hybridized carbons (Fsp3) is 0.300. The molecular weight excluding hydrogens is 482 g/mol. The summed E-state index contributed by atoms with van der Waals surface area (Å²) in [6.45, 7) is 1.27. The van der Waals surface area contributed by atoms with Gasteiger partial charge in [-0.05, 0) is 34.9 Å². The van der Waals surface area contributed by atoms with E-state index in [2.05, 4.69) is 29.6 Å². The number of hydrogen-bond acceptors (Lipinski definition) is 5. The number of carboxylic acids is 1. The standard InChI is InChI=1S/C30H31N3O5/c1-32(15-20-9-3-2-4-10-20)18-27(28(34)33-16-21(17-33)29(35)36)31-30(37)38-19-26-24-13-7-5-11-22(24)23-12-6-8-14-25(23)26/h2-14,21,26-27H,15-19H2,1H3,(H,31,37)(H,35,36). The lowest BCUT2D eigenvalue weighted by atomic mass is 9.98. The van der Waals surface area contributed by atoms with Gasteiger partial charge in [0.05, 0.1) is 5.92 Å². The Kier molecular flexibility index (Phi) is 7.42. The van der Waals surface area contributed by atoms with E-state index in [-0.39, 0.29) is 38.1 Å². The molecule has 1 atom stereocenters. The van der Waals surface area contributed by atoms with Crippen LogP contribution in [0.4, 0.5) is 4.79 Å². The van der Waals surface area contributed by atoms with Crippen molar-refractivity contribution in [1.29, 1.82) is 0 Å². The van der Waals surface area contributed by atoms with Crippen LogP contribution in [-0.2, 0) is 20.9 Å². The van der Waals surface area contributed by atoms with Gasteiger partial charge in [-0.3, -0.25) is 14.5 Å². The van der Waals surface area contributed by atoms with Crippen LogP contribution in [0, 0.1) is 5.92 Å². The number of ether oxygens (including phenoxy) is 1. The molecule has 5 rings (SSSR count). The molecule has 0 bridgehead atoms. The monoisotopic (exact) mass is 513 g/mol. The zero-order chi connectivity index (χ0) is 26.6. The number of carbonyl (C=O) groups excluding carboxylic acids is 2. The fourth-order valence-electron chi connectivity index (χ4n) is 5.27. The van der Waals surface area contributed by atoms with Crippen LogP contribution < -0.4 is 5.32 Å². The zero-order valence-corrected chi connectivity index (χ0v) is 21.2. The van der Waals surface area contributed by atoms with Gasteiger partial charge < -0.3 is 20.1 Å². The third-order valence-electron chi connectivity index (χ3n) is 7.27. The summed E-state index contributed by atoms with van der Waals surface area (Å²) >= 11 is 0. The van der Waals surface area contributed by atoms with Crippen molar-refractivity contribution in [3.63, 3.8) is 0 Å². The van der Waals surface area contributed by atoms with Gasteiger partial charge in [0.1, 0.15) is 12.6 Å². The maximum absolute atomic E-state index is 13.2. The predicted molar refractivity (Wildman–Crippen MR) is 142 cm³/mol. The number of alkyl carbamates (subject to hydrolysis) is 1. The third-order valence-corrected chi connectivity index (χ3v) is 7.27. The number of nitrogens with one attached hydrogen (secondary N) is 1. The first kappa shape index (κ1) is 25.5. The summed E-state index contributed by atoms with van der Waals surface area (Å²) in [5.74, 6) is -1.89. The molecule has 0 aromatic heterocycles. The molecule has 1 fully saturated rings. The minimum Gasteiger partial charge on any atom is -0.481 e. The molecule has 0 saturated carbocycles. The molecule has 38 heavy (non-hydrogen) atoms. The van der Waals surface area contributed by atoms with E-state index in [1.165, 1.54) is 4.90 Å². The average molecular weight is 514 g/mol. The number of aliphatic carboxylic acids is 1. The van der Waals surface area contributed by atoms with Crippen molar-refractivity contribution in [2.24, 2.45) is 5.92 Å². The first-order valence-electron chi connectivity index (χ1n) is 12.8. The SMILES string of the molecule is CN(Cc1ccccc1)CC(NC(=O)OCC1c2ccccc2-c2ccccc21)C(=O)N1CC(C(=O)O)C1. The predicted octanol–water partition coefficient (Wildman–Crippen LogP) is 3.57. The topological polar surface area (TPSA) is 99.2 Å². The second-order valence-corrected chi connectivity index (χ2v) is 9.98. The highest BCUT2D eigenvalue weighted by molar-refractivity contribution is 5.88. The molecule has 2 aliphatic rings. The van der Waals surface area contributed by atoms with E-state index in [1.807, 2.05) is 66.5 Å². The summed E-state index contributed by atoms with van der Waals surface area (Å²) in [5.41, 5.74) is 5.57. The van der Waals surface area contributed by atoms with Crippen LogP contribution in [0.3, 0.4) is 0 Å². The van der Waals surface area contributed by atoms with E-state index in [0.29, 0.717) is 6.54 Å². The Morgan fingerprint density at radius 3 is 2.13 bits per heavy atom. The number of hydrogen-bond donors (Lipinski definition) is 2. The van der Waals surface area contributed by atoms with E-state index >= 15 is 0 Å². The molecule has 2 N–H and O–H groups in total. The van der Waals surface area contributed by atoms with Crippen LogP contribution in [-0.4, -0.2) is 72.2 Å². The van der Waals surface area contributed by atoms with Gasteiger partial charge in [0.15, 0.2) is 0 Å². The van der Waals surface area contributed by atoms with Crippen molar-refractivity contribution in [3.8, 4) is 11.1 Å². The normalized spacial score (nSPS) is 15.4. The van der Waals surface area contributed by atoms with Gasteiger partial charge in [-0.15, -0.1) is 0 Å². The number of rotatable bonds is 9. The molecule has 8 heteroatoms. The maximum Gasteiger partial charge on any atom is 0.407 e. The minimum atomic E-state index is -0.920. The molecule has 3 aromatic carbocycles. The number of nitrogens with zero attached hydrogens (tertiary/aromatic N) is 2. The number of likely N-dealkylation sites (tertiary alicyclic amines) is 1. The van der Waals surface area contributed by atoms with Crippen molar-refractivity contribution in [2.75, 3.05) is 33.3 Å². The molecule has 1 aliphatic carbocycles. The molecule has 3 aromatic rings. The first-order chi connectivity index (χ1) is 18.4. The summed E-state index contributed by atoms with van der Waals surface area (Å²) in [6.07, 6.45) is -0.673. The lowest BCUT2D eigenvalue weighted by Gasteiger charge is -2.39. The molecule has 2 amide bonds. The second kappa shape index (κ2) is 11.1. The minimum absolute atomic E-state index is 0.0882. The molecule has 1 saturated heterocycles. The lowest BCUT2D eigenvalue weighted by Crippen LogP contribution is -2.60. The molecule has 0 radical (unpaired) electrons. The van der Waals surface area contributed by atoms with E-state index < -0.39 is 24.0 Å². The Hall–Kier alpha value is -4.17. The number of likely N-dealkylation sites (N-methyl/N-ethyl adjacent to an activating group) is 1. The molecule has 196 valence electrons. The van der Waals surface area contributed by atoms with Crippen molar-refractivity contribution in [1.82, 2.24) is 15.1 Å². The van der Waals surface area contributed by atoms with Crippen LogP contribution in [0.1, 0.15) is 22.6 Å². The van der Waals surface area contributed by atoms with E-state index in [4.69, 9.17) is 4.74 Å². The second-order valence-electron chi connectivity index (χ2n) is 9.98. The van der Waals surface area contributed by atoms with Gasteiger partial charge in [-0.1, -0.05) is 78.9 Å². The van der Waals surface area contributed by atoms with E-state index in [9.17, 15) is 19.5 Å². The van der Waals surface area contributed by atoms with Crippen LogP contribution in [0.15, 0.2) is 78.9 Å². The number of amides is 2. The van der Waals surface area contributed by atoms with Crippen molar-refractivity contribution < 1.29 is 24.2 Å². The number of fused-ring (bicyclic) bond motifs is 3. The number of benzene rings is 3. The van der Waals surface area contributed by atoms with Crippen LogP contribution in [0.2, 0.25) is 0 Å². The number of carbonyl (C=O) groups is 3. The lowest BCUT2D eigenvalue weighted by molar-refractivity contribution is -0.153. The van der Waals surface area contributed by atoms with Gasteiger partial charge >= 0.3 is 12.1 Å². The Morgan fingerprint density at radius 1 is 0.947 bits per heavy atom. The summed E-state index contributed by atoms with van der Waals surface area (Å²) in [5, 5.41) is 12.0. The quantitative estimate of drug-likeness (QED) is 0.454. The Balaban J connectivity index is 1.25. The van der Waals surface area contributed by atoms with Crippen LogP contribution in [0.25, 0.3) is 11.1 Å². The van der Waals surface area contributed by atoms with Crippen molar-refractivity contribution in [2.45, 2.75) is 18.5 Å². The van der Waals surface area contributed by atoms with Crippen LogP contribution in [0.5, 0.6) is 0 Å². The summed E-state index contributed by atoms with van der Waals surface area (Å²) < 4.78 is 5.68. The zero-order valence-electron chi connectivity index (χ0n) is 21.2. The van der Waals surface area contributed by atoms with E-state index in [0.717, 1.165) is 27.8 Å². The molecular formula is C30H31N3O5. The van der Waals surface area contributed by atoms with Gasteiger partial charge in [-0.25, -0.2) is 4.79 Å². The molecule has 0 spiro atoms. The highest BCUT2D eigenvalue weighted by atomic mass is 16.5. The molecule has 1 unspecified atom stereocenters. The van der Waals surface area contributed by atoms with Crippen LogP contribution >= 0.6 is 0 Å². The summed E-state index contributed by atoms with van der Waals surface area (Å²) in [4.78, 5) is 40.9. The highest BCUT2D eigenvalue weighted by Gasteiger charge is 2.39. The van der Waals surface area contributed by atoms with Gasteiger partial charge in [-0.2, -0.15) is 0 Å². The van der Waals surface area contributed by atoms with Gasteiger partial charge in [0.25, 0.3) is 0 Å². The first-order valence-corrected chi connectivity index (χ1v) is 12.8. The molecule has 1 heterocycles. The maximum atomic E-state index is 13.2. The largest absolute Gasteiger partial charge is 0.481 e. The van der Waals surface area contributed by atoms with E-state index in [1.54, 1.807) is 0 Å². The Morgan fingerprint density at radius 2 is 1.53 bits per heavy atom. The van der Waals surface area contributed by atoms with Gasteiger partial charge in [0.2, 0.25) is 5.91 Å². The summed E-state index contributed by atoms with van der Waals surface area (Å²) in [6, 6.07) is 25.2. The fourth-order valence-corrected chi connectivity index (χ4v) is 5.27. The average Bonchev–Trinajstić information content (AvgIpc) is 3.20. The third kappa shape index (κ3) is 5.40. The Bertz CT molecular complexity index is 1280. The Labute approximate surface area is 221 Å². The summed E-state index contributed by atoms with van der Waals surface area (Å²) in [7, 11) is 1.88. The smallest absolute Gasteiger partial charge is 0.407 e.